The molecule has 0 saturated heterocycles. The number of nitro groups is 1. The number of fused-ring (bicyclic) bond motifs is 1. The summed E-state index contributed by atoms with van der Waals surface area (Å²) in [5.41, 5.74) is -0.363. The zero-order valence-electron chi connectivity index (χ0n) is 9.76. The van der Waals surface area contributed by atoms with Crippen LogP contribution in [-0.4, -0.2) is 37.4 Å². The molecule has 0 spiro atoms. The van der Waals surface area contributed by atoms with Crippen molar-refractivity contribution in [2.75, 3.05) is 6.61 Å². The van der Waals surface area contributed by atoms with Gasteiger partial charge in [-0.25, -0.2) is 4.98 Å². The van der Waals surface area contributed by atoms with E-state index in [9.17, 15) is 20.0 Å². The van der Waals surface area contributed by atoms with Gasteiger partial charge < -0.3 is 10.2 Å². The highest BCUT2D eigenvalue weighted by Crippen LogP contribution is 2.16. The van der Waals surface area contributed by atoms with E-state index in [0.717, 1.165) is 10.6 Å². The van der Waals surface area contributed by atoms with Crippen LogP contribution in [0.4, 0.5) is 5.69 Å². The van der Waals surface area contributed by atoms with Gasteiger partial charge in [0.05, 0.1) is 41.4 Å². The molecule has 0 aliphatic carbocycles. The van der Waals surface area contributed by atoms with E-state index in [2.05, 4.69) is 4.98 Å². The number of rotatable bonds is 4. The van der Waals surface area contributed by atoms with Gasteiger partial charge >= 0.3 is 0 Å². The lowest BCUT2D eigenvalue weighted by Gasteiger charge is -2.09. The summed E-state index contributed by atoms with van der Waals surface area (Å²) < 4.78 is 1.10. The monoisotopic (exact) mass is 265 g/mol. The van der Waals surface area contributed by atoms with E-state index in [-0.39, 0.29) is 17.6 Å². The molecule has 1 aromatic heterocycles. The number of hydrogen-bond acceptors (Lipinski definition) is 6. The van der Waals surface area contributed by atoms with Crippen LogP contribution in [0.1, 0.15) is 0 Å². The van der Waals surface area contributed by atoms with Crippen LogP contribution in [0.25, 0.3) is 10.9 Å². The molecule has 2 N–H and O–H groups in total. The molecule has 0 radical (unpaired) electrons. The average molecular weight is 265 g/mol. The van der Waals surface area contributed by atoms with Crippen molar-refractivity contribution >= 4 is 16.6 Å². The Bertz CT molecular complexity index is 682. The minimum Gasteiger partial charge on any atom is -0.394 e. The lowest BCUT2D eigenvalue weighted by molar-refractivity contribution is -0.384. The van der Waals surface area contributed by atoms with Crippen LogP contribution >= 0.6 is 0 Å². The van der Waals surface area contributed by atoms with Gasteiger partial charge in [-0.15, -0.1) is 0 Å². The molecule has 1 aromatic carbocycles. The van der Waals surface area contributed by atoms with Crippen molar-refractivity contribution in [3.63, 3.8) is 0 Å². The molecule has 0 fully saturated rings. The van der Waals surface area contributed by atoms with Gasteiger partial charge in [0.2, 0.25) is 0 Å². The number of hydrogen-bond donors (Lipinski definition) is 2. The Morgan fingerprint density at radius 1 is 1.47 bits per heavy atom. The molecule has 0 saturated carbocycles. The molecule has 19 heavy (non-hydrogen) atoms. The molecule has 8 nitrogen and oxygen atoms in total. The van der Waals surface area contributed by atoms with Gasteiger partial charge in [-0.05, 0) is 6.07 Å². The minimum atomic E-state index is -1.09. The zero-order valence-corrected chi connectivity index (χ0v) is 9.76. The molecular formula is C11H11N3O5. The molecular weight excluding hydrogens is 254 g/mol. The van der Waals surface area contributed by atoms with Crippen LogP contribution in [0.2, 0.25) is 0 Å². The van der Waals surface area contributed by atoms with Crippen LogP contribution in [0.5, 0.6) is 0 Å². The average Bonchev–Trinajstić information content (AvgIpc) is 2.41. The van der Waals surface area contributed by atoms with Crippen molar-refractivity contribution in [2.24, 2.45) is 0 Å². The molecule has 100 valence electrons. The van der Waals surface area contributed by atoms with Gasteiger partial charge in [-0.2, -0.15) is 0 Å². The fourth-order valence-electron chi connectivity index (χ4n) is 1.68. The van der Waals surface area contributed by atoms with Crippen molar-refractivity contribution < 1.29 is 15.1 Å². The second kappa shape index (κ2) is 5.12. The Balaban J connectivity index is 2.56. The van der Waals surface area contributed by atoms with E-state index >= 15 is 0 Å². The highest BCUT2D eigenvalue weighted by Gasteiger charge is 2.12. The normalized spacial score (nSPS) is 12.5. The van der Waals surface area contributed by atoms with Crippen molar-refractivity contribution in [1.82, 2.24) is 9.55 Å². The third-order valence-electron chi connectivity index (χ3n) is 2.64. The number of non-ortho nitro benzene ring substituents is 1. The molecule has 1 atom stereocenters. The smallest absolute Gasteiger partial charge is 0.270 e. The summed E-state index contributed by atoms with van der Waals surface area (Å²) in [6, 6.07) is 3.80. The van der Waals surface area contributed by atoms with Crippen molar-refractivity contribution in [3.05, 3.63) is 45.0 Å². The van der Waals surface area contributed by atoms with E-state index in [1.807, 2.05) is 0 Å². The molecule has 2 rings (SSSR count). The zero-order chi connectivity index (χ0) is 14.0. The van der Waals surface area contributed by atoms with Crippen LogP contribution < -0.4 is 5.56 Å². The number of aliphatic hydroxyl groups excluding tert-OH is 2. The Morgan fingerprint density at radius 3 is 2.84 bits per heavy atom. The van der Waals surface area contributed by atoms with Crippen LogP contribution in [-0.2, 0) is 6.54 Å². The van der Waals surface area contributed by atoms with Crippen LogP contribution in [0.15, 0.2) is 29.3 Å². The Labute approximate surface area is 106 Å². The first-order valence-corrected chi connectivity index (χ1v) is 5.45. The minimum absolute atomic E-state index is 0.0989. The Morgan fingerprint density at radius 2 is 2.21 bits per heavy atom. The molecule has 1 heterocycles. The predicted octanol–water partition coefficient (Wildman–Crippen LogP) is -0.342. The molecule has 8 heteroatoms. The molecule has 0 aliphatic heterocycles. The third-order valence-corrected chi connectivity index (χ3v) is 2.64. The highest BCUT2D eigenvalue weighted by molar-refractivity contribution is 5.79. The lowest BCUT2D eigenvalue weighted by atomic mass is 10.2. The quantitative estimate of drug-likeness (QED) is 0.576. The van der Waals surface area contributed by atoms with Gasteiger partial charge in [-0.1, -0.05) is 0 Å². The SMILES string of the molecule is O=c1c2cc([N+](=O)[O-])ccc2ncn1CC(O)CO. The number of benzene rings is 1. The predicted molar refractivity (Wildman–Crippen MR) is 65.8 cm³/mol. The molecule has 1 unspecified atom stereocenters. The molecule has 0 amide bonds. The standard InChI is InChI=1S/C11H11N3O5/c15-5-8(16)4-13-6-12-10-2-1-7(14(18)19)3-9(10)11(13)17/h1-3,6,8,15-16H,4-5H2. The summed E-state index contributed by atoms with van der Waals surface area (Å²) in [6.07, 6.45) is 0.144. The van der Waals surface area contributed by atoms with Crippen LogP contribution in [0, 0.1) is 10.1 Å². The summed E-state index contributed by atoms with van der Waals surface area (Å²) in [7, 11) is 0. The first kappa shape index (κ1) is 13.1. The van der Waals surface area contributed by atoms with Crippen molar-refractivity contribution in [2.45, 2.75) is 12.6 Å². The summed E-state index contributed by atoms with van der Waals surface area (Å²) in [5, 5.41) is 28.8. The maximum absolute atomic E-state index is 12.1. The van der Waals surface area contributed by atoms with Crippen molar-refractivity contribution in [3.8, 4) is 0 Å². The first-order valence-electron chi connectivity index (χ1n) is 5.45. The lowest BCUT2D eigenvalue weighted by Crippen LogP contribution is -2.28. The molecule has 0 aliphatic rings. The number of nitro benzene ring substituents is 1. The van der Waals surface area contributed by atoms with Gasteiger partial charge in [0.15, 0.2) is 0 Å². The largest absolute Gasteiger partial charge is 0.394 e. The maximum Gasteiger partial charge on any atom is 0.270 e. The third kappa shape index (κ3) is 2.59. The fraction of sp³-hybridized carbons (Fsp3) is 0.273. The first-order chi connectivity index (χ1) is 9.02. The van der Waals surface area contributed by atoms with Crippen LogP contribution in [0.3, 0.4) is 0 Å². The topological polar surface area (TPSA) is 118 Å². The van der Waals surface area contributed by atoms with E-state index in [0.29, 0.717) is 5.52 Å². The van der Waals surface area contributed by atoms with Gasteiger partial charge in [0.1, 0.15) is 0 Å². The van der Waals surface area contributed by atoms with Gasteiger partial charge in [0, 0.05) is 12.1 Å². The Kier molecular flexibility index (Phi) is 3.54. The summed E-state index contributed by atoms with van der Waals surface area (Å²) in [6.45, 7) is -0.611. The fourth-order valence-corrected chi connectivity index (χ4v) is 1.68. The van der Waals surface area contributed by atoms with Gasteiger partial charge in [-0.3, -0.25) is 19.5 Å². The molecule has 0 bridgehead atoms. The summed E-state index contributed by atoms with van der Waals surface area (Å²) in [4.78, 5) is 26.1. The summed E-state index contributed by atoms with van der Waals surface area (Å²) >= 11 is 0. The maximum atomic E-state index is 12.1. The number of nitrogens with zero attached hydrogens (tertiary/aromatic N) is 3. The van der Waals surface area contributed by atoms with E-state index in [1.54, 1.807) is 0 Å². The van der Waals surface area contributed by atoms with Gasteiger partial charge in [0.25, 0.3) is 11.2 Å². The number of aliphatic hydroxyl groups is 2. The van der Waals surface area contributed by atoms with E-state index in [4.69, 9.17) is 5.11 Å². The molecule has 2 aromatic rings. The van der Waals surface area contributed by atoms with E-state index in [1.165, 1.54) is 18.5 Å². The number of aromatic nitrogens is 2. The highest BCUT2D eigenvalue weighted by atomic mass is 16.6. The van der Waals surface area contributed by atoms with Crippen molar-refractivity contribution in [1.29, 1.82) is 0 Å². The second-order valence-electron chi connectivity index (χ2n) is 4.00. The van der Waals surface area contributed by atoms with E-state index < -0.39 is 23.2 Å². The second-order valence-corrected chi connectivity index (χ2v) is 4.00. The Hall–Kier alpha value is -2.32. The summed E-state index contributed by atoms with van der Waals surface area (Å²) in [5.74, 6) is 0.